The van der Waals surface area contributed by atoms with Crippen molar-refractivity contribution < 1.29 is 14.3 Å². The maximum absolute atomic E-state index is 12.7. The Labute approximate surface area is 231 Å². The highest BCUT2D eigenvalue weighted by molar-refractivity contribution is 7.98. The van der Waals surface area contributed by atoms with Crippen LogP contribution in [0.1, 0.15) is 21.5 Å². The Morgan fingerprint density at radius 1 is 0.846 bits per heavy atom. The van der Waals surface area contributed by atoms with Gasteiger partial charge in [-0.05, 0) is 73.2 Å². The van der Waals surface area contributed by atoms with Crippen LogP contribution in [0.25, 0.3) is 17.1 Å². The quantitative estimate of drug-likeness (QED) is 0.209. The Kier molecular flexibility index (Phi) is 7.94. The van der Waals surface area contributed by atoms with Gasteiger partial charge in [0.2, 0.25) is 0 Å². The molecule has 5 aromatic rings. The first-order chi connectivity index (χ1) is 19.0. The molecule has 8 heteroatoms. The summed E-state index contributed by atoms with van der Waals surface area (Å²) in [5, 5.41) is 12.8. The molecule has 0 aliphatic heterocycles. The molecule has 1 aromatic heterocycles. The van der Waals surface area contributed by atoms with Crippen molar-refractivity contribution in [1.82, 2.24) is 14.8 Å². The second-order valence-electron chi connectivity index (χ2n) is 8.88. The number of nitrogens with one attached hydrogen (secondary N) is 1. The van der Waals surface area contributed by atoms with Crippen molar-refractivity contribution in [2.75, 3.05) is 19.5 Å². The van der Waals surface area contributed by atoms with E-state index in [1.165, 1.54) is 5.56 Å². The fraction of sp³-hybridized carbons (Fsp3) is 0.129. The van der Waals surface area contributed by atoms with Crippen LogP contribution in [-0.2, 0) is 5.75 Å². The predicted octanol–water partition coefficient (Wildman–Crippen LogP) is 6.80. The fourth-order valence-corrected chi connectivity index (χ4v) is 4.92. The zero-order valence-corrected chi connectivity index (χ0v) is 22.7. The molecule has 0 atom stereocenters. The number of nitrogens with zero attached hydrogens (tertiary/aromatic N) is 3. The lowest BCUT2D eigenvalue weighted by atomic mass is 10.1. The minimum Gasteiger partial charge on any atom is -0.497 e. The molecule has 7 nitrogen and oxygen atoms in total. The molecule has 4 aromatic carbocycles. The summed E-state index contributed by atoms with van der Waals surface area (Å²) in [7, 11) is 3.26. The topological polar surface area (TPSA) is 78.3 Å². The molecule has 0 aliphatic carbocycles. The third kappa shape index (κ3) is 6.13. The molecule has 196 valence electrons. The van der Waals surface area contributed by atoms with Gasteiger partial charge in [-0.2, -0.15) is 0 Å². The van der Waals surface area contributed by atoms with E-state index in [4.69, 9.17) is 9.47 Å². The Morgan fingerprint density at radius 2 is 1.56 bits per heavy atom. The minimum atomic E-state index is -0.165. The molecule has 39 heavy (non-hydrogen) atoms. The van der Waals surface area contributed by atoms with E-state index < -0.39 is 0 Å². The van der Waals surface area contributed by atoms with Gasteiger partial charge in [0.25, 0.3) is 5.91 Å². The van der Waals surface area contributed by atoms with E-state index in [1.807, 2.05) is 72.8 Å². The van der Waals surface area contributed by atoms with Crippen molar-refractivity contribution in [3.8, 4) is 28.6 Å². The smallest absolute Gasteiger partial charge is 0.255 e. The summed E-state index contributed by atoms with van der Waals surface area (Å²) in [6, 6.07) is 31.0. The van der Waals surface area contributed by atoms with Crippen molar-refractivity contribution in [3.63, 3.8) is 0 Å². The van der Waals surface area contributed by atoms with E-state index >= 15 is 0 Å². The van der Waals surface area contributed by atoms with Crippen LogP contribution in [0.4, 0.5) is 5.69 Å². The second kappa shape index (κ2) is 11.9. The molecule has 0 radical (unpaired) electrons. The molecule has 0 bridgehead atoms. The van der Waals surface area contributed by atoms with Crippen LogP contribution in [-0.4, -0.2) is 34.9 Å². The Hall–Kier alpha value is -4.56. The van der Waals surface area contributed by atoms with Gasteiger partial charge in [0.05, 0.1) is 14.2 Å². The van der Waals surface area contributed by atoms with Crippen LogP contribution < -0.4 is 14.8 Å². The average Bonchev–Trinajstić information content (AvgIpc) is 3.41. The lowest BCUT2D eigenvalue weighted by Gasteiger charge is -2.12. The first-order valence-corrected chi connectivity index (χ1v) is 13.4. The molecule has 5 rings (SSSR count). The lowest BCUT2D eigenvalue weighted by Crippen LogP contribution is -2.11. The van der Waals surface area contributed by atoms with Gasteiger partial charge >= 0.3 is 0 Å². The number of rotatable bonds is 9. The van der Waals surface area contributed by atoms with Crippen LogP contribution in [0.5, 0.6) is 11.5 Å². The number of methoxy groups -OCH3 is 2. The number of thioether (sulfide) groups is 1. The molecule has 0 spiro atoms. The van der Waals surface area contributed by atoms with Gasteiger partial charge < -0.3 is 14.8 Å². The summed E-state index contributed by atoms with van der Waals surface area (Å²) in [4.78, 5) is 12.7. The number of hydrogen-bond acceptors (Lipinski definition) is 6. The van der Waals surface area contributed by atoms with E-state index in [1.54, 1.807) is 26.0 Å². The van der Waals surface area contributed by atoms with E-state index in [0.717, 1.165) is 39.3 Å². The molecule has 0 saturated heterocycles. The Balaban J connectivity index is 1.33. The molecular weight excluding hydrogens is 508 g/mol. The van der Waals surface area contributed by atoms with Crippen molar-refractivity contribution in [1.29, 1.82) is 0 Å². The molecule has 0 unspecified atom stereocenters. The summed E-state index contributed by atoms with van der Waals surface area (Å²) in [5.74, 6) is 2.75. The van der Waals surface area contributed by atoms with Crippen molar-refractivity contribution in [2.24, 2.45) is 0 Å². The summed E-state index contributed by atoms with van der Waals surface area (Å²) in [6.45, 7) is 2.06. The zero-order chi connectivity index (χ0) is 27.2. The number of carbonyl (C=O) groups excluding carboxylic acids is 1. The van der Waals surface area contributed by atoms with Crippen molar-refractivity contribution in [2.45, 2.75) is 17.8 Å². The number of benzene rings is 4. The van der Waals surface area contributed by atoms with Crippen LogP contribution in [0.2, 0.25) is 0 Å². The predicted molar refractivity (Wildman–Crippen MR) is 155 cm³/mol. The highest BCUT2D eigenvalue weighted by Gasteiger charge is 2.17. The summed E-state index contributed by atoms with van der Waals surface area (Å²) in [5.41, 5.74) is 5.45. The Morgan fingerprint density at radius 3 is 2.26 bits per heavy atom. The summed E-state index contributed by atoms with van der Waals surface area (Å²) in [6.07, 6.45) is 0. The van der Waals surface area contributed by atoms with Crippen LogP contribution in [0.3, 0.4) is 0 Å². The average molecular weight is 537 g/mol. The zero-order valence-electron chi connectivity index (χ0n) is 21.9. The Bertz CT molecular complexity index is 1560. The molecule has 0 aliphatic rings. The van der Waals surface area contributed by atoms with Crippen LogP contribution >= 0.6 is 11.8 Å². The molecular formula is C31H28N4O3S. The first kappa shape index (κ1) is 26.1. The maximum atomic E-state index is 12.7. The van der Waals surface area contributed by atoms with Gasteiger partial charge in [-0.25, -0.2) is 0 Å². The van der Waals surface area contributed by atoms with E-state index in [-0.39, 0.29) is 5.91 Å². The number of aryl methyl sites for hydroxylation is 1. The third-order valence-corrected chi connectivity index (χ3v) is 7.19. The van der Waals surface area contributed by atoms with Crippen molar-refractivity contribution >= 4 is 23.4 Å². The highest BCUT2D eigenvalue weighted by Crippen LogP contribution is 2.31. The number of aromatic nitrogens is 3. The van der Waals surface area contributed by atoms with Gasteiger partial charge in [0, 0.05) is 28.3 Å². The molecule has 0 saturated carbocycles. The van der Waals surface area contributed by atoms with E-state index in [0.29, 0.717) is 17.0 Å². The van der Waals surface area contributed by atoms with Gasteiger partial charge in [-0.3, -0.25) is 9.36 Å². The fourth-order valence-electron chi connectivity index (χ4n) is 4.02. The van der Waals surface area contributed by atoms with E-state index in [9.17, 15) is 4.79 Å². The summed E-state index contributed by atoms with van der Waals surface area (Å²) < 4.78 is 12.7. The first-order valence-electron chi connectivity index (χ1n) is 12.4. The maximum Gasteiger partial charge on any atom is 0.255 e. The minimum absolute atomic E-state index is 0.165. The van der Waals surface area contributed by atoms with Crippen LogP contribution in [0.15, 0.2) is 102 Å². The lowest BCUT2D eigenvalue weighted by molar-refractivity contribution is 0.102. The highest BCUT2D eigenvalue weighted by atomic mass is 32.2. The van der Waals surface area contributed by atoms with E-state index in [2.05, 4.69) is 51.3 Å². The SMILES string of the molecule is COc1ccc(NC(=O)c2ccc(CSc3nnc(-c4cccc(OC)c4)n3-c3ccc(C)cc3)cc2)cc1. The van der Waals surface area contributed by atoms with Gasteiger partial charge in [0.15, 0.2) is 11.0 Å². The van der Waals surface area contributed by atoms with Crippen molar-refractivity contribution in [3.05, 3.63) is 114 Å². The normalized spacial score (nSPS) is 10.7. The number of anilines is 1. The largest absolute Gasteiger partial charge is 0.497 e. The van der Waals surface area contributed by atoms with Crippen LogP contribution in [0, 0.1) is 6.92 Å². The third-order valence-electron chi connectivity index (χ3n) is 6.19. The van der Waals surface area contributed by atoms with Gasteiger partial charge in [0.1, 0.15) is 11.5 Å². The molecule has 0 fully saturated rings. The monoisotopic (exact) mass is 536 g/mol. The van der Waals surface area contributed by atoms with Gasteiger partial charge in [-0.15, -0.1) is 10.2 Å². The molecule has 1 N–H and O–H groups in total. The van der Waals surface area contributed by atoms with Gasteiger partial charge in [-0.1, -0.05) is 53.7 Å². The number of ether oxygens (including phenoxy) is 2. The molecule has 1 heterocycles. The number of amides is 1. The summed E-state index contributed by atoms with van der Waals surface area (Å²) >= 11 is 1.59. The number of hydrogen-bond donors (Lipinski definition) is 1. The number of carbonyl (C=O) groups is 1. The molecule has 1 amide bonds. The standard InChI is InChI=1S/C31H28N4O3S/c1-21-7-15-26(16-8-21)35-29(24-5-4-6-28(19-24)38-3)33-34-31(35)39-20-22-9-11-23(12-10-22)30(36)32-25-13-17-27(37-2)18-14-25/h4-19H,20H2,1-3H3,(H,32,36). The second-order valence-corrected chi connectivity index (χ2v) is 9.82.